The number of hydrogen-bond acceptors (Lipinski definition) is 2. The third kappa shape index (κ3) is 2.34. The van der Waals surface area contributed by atoms with Crippen LogP contribution in [0.2, 0.25) is 16.6 Å². The van der Waals surface area contributed by atoms with Gasteiger partial charge in [-0.2, -0.15) is 0 Å². The molecule has 3 nitrogen and oxygen atoms in total. The van der Waals surface area contributed by atoms with Gasteiger partial charge in [-0.15, -0.1) is 0 Å². The lowest BCUT2D eigenvalue weighted by Gasteiger charge is -2.44. The van der Waals surface area contributed by atoms with Crippen molar-refractivity contribution in [2.75, 3.05) is 0 Å². The Bertz CT molecular complexity index is 627. The van der Waals surface area contributed by atoms with Crippen molar-refractivity contribution in [3.8, 4) is 5.75 Å². The van der Waals surface area contributed by atoms with Gasteiger partial charge in [0.25, 0.3) is 0 Å². The summed E-state index contributed by atoms with van der Waals surface area (Å²) in [6.45, 7) is 14.0. The largest absolute Gasteiger partial charge is 0.505 e. The zero-order valence-electron chi connectivity index (χ0n) is 13.7. The predicted molar refractivity (Wildman–Crippen MR) is 95.5 cm³/mol. The molecule has 1 N–H and O–H groups in total. The van der Waals surface area contributed by atoms with Gasteiger partial charge in [0, 0.05) is 5.39 Å². The van der Waals surface area contributed by atoms with Crippen LogP contribution in [0.3, 0.4) is 0 Å². The van der Waals surface area contributed by atoms with E-state index in [4.69, 9.17) is 0 Å². The second-order valence-electron chi connectivity index (χ2n) is 6.73. The van der Waals surface area contributed by atoms with Crippen molar-refractivity contribution in [3.05, 3.63) is 22.9 Å². The molecule has 0 saturated carbocycles. The number of nitrogens with zero attached hydrogens (tertiary/aromatic N) is 2. The van der Waals surface area contributed by atoms with Crippen LogP contribution < -0.4 is 0 Å². The molecule has 116 valence electrons. The standard InChI is InChI=1S/C16H25BrN2OSi/c1-10(2)21(11(3)4,12(5)6)19-8-7-13-15(17)14(20)9-18-16(13)19/h7-12,20H,1-6H3. The summed E-state index contributed by atoms with van der Waals surface area (Å²) in [5.74, 6) is 0.200. The van der Waals surface area contributed by atoms with Gasteiger partial charge in [0.15, 0.2) is 8.24 Å². The second-order valence-corrected chi connectivity index (χ2v) is 13.2. The number of aromatic hydroxyl groups is 1. The third-order valence-electron chi connectivity index (χ3n) is 4.82. The lowest BCUT2D eigenvalue weighted by molar-refractivity contribution is 0.470. The Labute approximate surface area is 136 Å². The van der Waals surface area contributed by atoms with E-state index in [1.54, 1.807) is 6.20 Å². The maximum absolute atomic E-state index is 9.85. The molecule has 0 aliphatic carbocycles. The van der Waals surface area contributed by atoms with E-state index in [1.165, 1.54) is 0 Å². The fourth-order valence-corrected chi connectivity index (χ4v) is 11.1. The molecule has 2 rings (SSSR count). The number of pyridine rings is 1. The molecule has 0 spiro atoms. The van der Waals surface area contributed by atoms with Gasteiger partial charge in [-0.1, -0.05) is 41.5 Å². The smallest absolute Gasteiger partial charge is 0.171 e. The molecule has 21 heavy (non-hydrogen) atoms. The first kappa shape index (κ1) is 16.6. The minimum Gasteiger partial charge on any atom is -0.505 e. The summed E-state index contributed by atoms with van der Waals surface area (Å²) < 4.78 is 3.19. The average Bonchev–Trinajstić information content (AvgIpc) is 2.78. The number of rotatable bonds is 4. The molecular formula is C16H25BrN2OSi. The summed E-state index contributed by atoms with van der Waals surface area (Å²) >= 11 is 3.48. The number of aromatic nitrogens is 2. The van der Waals surface area contributed by atoms with E-state index in [2.05, 4.69) is 79.0 Å². The molecule has 0 bridgehead atoms. The highest BCUT2D eigenvalue weighted by Gasteiger charge is 2.46. The van der Waals surface area contributed by atoms with Crippen molar-refractivity contribution in [3.63, 3.8) is 0 Å². The molecule has 2 aromatic heterocycles. The van der Waals surface area contributed by atoms with Gasteiger partial charge < -0.3 is 9.34 Å². The molecule has 0 aliphatic heterocycles. The maximum Gasteiger partial charge on any atom is 0.171 e. The monoisotopic (exact) mass is 368 g/mol. The van der Waals surface area contributed by atoms with E-state index in [0.717, 1.165) is 15.5 Å². The van der Waals surface area contributed by atoms with E-state index in [1.807, 2.05) is 0 Å². The molecule has 0 amide bonds. The molecule has 0 atom stereocenters. The summed E-state index contributed by atoms with van der Waals surface area (Å²) in [4.78, 5) is 4.53. The molecule has 0 radical (unpaired) electrons. The first-order chi connectivity index (χ1) is 9.74. The first-order valence-electron chi connectivity index (χ1n) is 7.59. The van der Waals surface area contributed by atoms with Crippen molar-refractivity contribution in [2.45, 2.75) is 58.2 Å². The normalized spacial score (nSPS) is 13.0. The van der Waals surface area contributed by atoms with Gasteiger partial charge >= 0.3 is 0 Å². The lowest BCUT2D eigenvalue weighted by atomic mass is 10.3. The number of fused-ring (bicyclic) bond motifs is 1. The van der Waals surface area contributed by atoms with Crippen molar-refractivity contribution >= 4 is 35.2 Å². The fourth-order valence-electron chi connectivity index (χ4n) is 4.19. The zero-order chi connectivity index (χ0) is 15.9. The Morgan fingerprint density at radius 2 is 1.62 bits per heavy atom. The van der Waals surface area contributed by atoms with Crippen molar-refractivity contribution in [1.82, 2.24) is 9.22 Å². The topological polar surface area (TPSA) is 38.0 Å². The van der Waals surface area contributed by atoms with Crippen LogP contribution in [0.5, 0.6) is 5.75 Å². The minimum absolute atomic E-state index is 0.200. The molecular weight excluding hydrogens is 344 g/mol. The van der Waals surface area contributed by atoms with Gasteiger partial charge in [0.2, 0.25) is 0 Å². The van der Waals surface area contributed by atoms with E-state index >= 15 is 0 Å². The van der Waals surface area contributed by atoms with Crippen LogP contribution >= 0.6 is 15.9 Å². The van der Waals surface area contributed by atoms with Gasteiger partial charge in [0.05, 0.1) is 10.7 Å². The average molecular weight is 369 g/mol. The lowest BCUT2D eigenvalue weighted by Crippen LogP contribution is -2.51. The minimum atomic E-state index is -1.80. The van der Waals surface area contributed by atoms with Crippen LogP contribution in [0.1, 0.15) is 41.5 Å². The van der Waals surface area contributed by atoms with Gasteiger partial charge in [-0.05, 0) is 44.8 Å². The highest BCUT2D eigenvalue weighted by atomic mass is 79.9. The molecule has 0 fully saturated rings. The van der Waals surface area contributed by atoms with Crippen LogP contribution in [0.4, 0.5) is 0 Å². The SMILES string of the molecule is CC(C)[Si](C(C)C)(C(C)C)n1ccc2c(Br)c(O)cnc21. The zero-order valence-corrected chi connectivity index (χ0v) is 16.3. The van der Waals surface area contributed by atoms with Crippen LogP contribution in [0, 0.1) is 0 Å². The number of halogens is 1. The summed E-state index contributed by atoms with van der Waals surface area (Å²) in [6, 6.07) is 2.07. The van der Waals surface area contributed by atoms with Gasteiger partial charge in [-0.25, -0.2) is 4.98 Å². The first-order valence-corrected chi connectivity index (χ1v) is 10.6. The van der Waals surface area contributed by atoms with Gasteiger partial charge in [-0.3, -0.25) is 0 Å². The maximum atomic E-state index is 9.85. The Balaban J connectivity index is 2.81. The van der Waals surface area contributed by atoms with Gasteiger partial charge in [0.1, 0.15) is 11.4 Å². The Kier molecular flexibility index (Phi) is 4.54. The molecule has 0 aliphatic rings. The van der Waals surface area contributed by atoms with Crippen LogP contribution in [0.15, 0.2) is 22.9 Å². The Morgan fingerprint density at radius 3 is 2.10 bits per heavy atom. The molecule has 0 unspecified atom stereocenters. The number of hydrogen-bond donors (Lipinski definition) is 1. The Hall–Kier alpha value is -0.813. The molecule has 2 aromatic rings. The molecule has 0 aromatic carbocycles. The summed E-state index contributed by atoms with van der Waals surface area (Å²) in [6.07, 6.45) is 3.72. The highest BCUT2D eigenvalue weighted by molar-refractivity contribution is 9.10. The van der Waals surface area contributed by atoms with E-state index in [0.29, 0.717) is 16.6 Å². The van der Waals surface area contributed by atoms with Crippen LogP contribution in [0.25, 0.3) is 11.0 Å². The van der Waals surface area contributed by atoms with E-state index in [9.17, 15) is 5.11 Å². The summed E-state index contributed by atoms with van der Waals surface area (Å²) in [5, 5.41) is 10.8. The second kappa shape index (κ2) is 5.76. The molecule has 0 saturated heterocycles. The van der Waals surface area contributed by atoms with Crippen molar-refractivity contribution in [2.24, 2.45) is 0 Å². The molecule has 5 heteroatoms. The Morgan fingerprint density at radius 1 is 1.10 bits per heavy atom. The third-order valence-corrected chi connectivity index (χ3v) is 12.4. The predicted octanol–water partition coefficient (Wildman–Crippen LogP) is 5.53. The summed E-state index contributed by atoms with van der Waals surface area (Å²) in [5.41, 5.74) is 2.83. The van der Waals surface area contributed by atoms with E-state index < -0.39 is 8.24 Å². The molecule has 2 heterocycles. The quantitative estimate of drug-likeness (QED) is 0.720. The van der Waals surface area contributed by atoms with Crippen LogP contribution in [-0.2, 0) is 0 Å². The van der Waals surface area contributed by atoms with Crippen LogP contribution in [-0.4, -0.2) is 22.6 Å². The van der Waals surface area contributed by atoms with Crippen molar-refractivity contribution in [1.29, 1.82) is 0 Å². The fraction of sp³-hybridized carbons (Fsp3) is 0.562. The van der Waals surface area contributed by atoms with Crippen molar-refractivity contribution < 1.29 is 5.11 Å². The van der Waals surface area contributed by atoms with E-state index in [-0.39, 0.29) is 5.75 Å². The summed E-state index contributed by atoms with van der Waals surface area (Å²) in [7, 11) is -1.80. The highest BCUT2D eigenvalue weighted by Crippen LogP contribution is 2.44.